The summed E-state index contributed by atoms with van der Waals surface area (Å²) < 4.78 is 12.3. The third-order valence-electron chi connectivity index (χ3n) is 3.60. The minimum absolute atomic E-state index is 0.498. The van der Waals surface area contributed by atoms with Crippen LogP contribution in [0.25, 0.3) is 0 Å². The van der Waals surface area contributed by atoms with E-state index in [4.69, 9.17) is 9.15 Å². The monoisotopic (exact) mass is 336 g/mol. The van der Waals surface area contributed by atoms with E-state index in [0.29, 0.717) is 12.2 Å². The van der Waals surface area contributed by atoms with Crippen LogP contribution in [-0.2, 0) is 19.3 Å². The van der Waals surface area contributed by atoms with Gasteiger partial charge in [-0.05, 0) is 35.4 Å². The first kappa shape index (κ1) is 13.7. The van der Waals surface area contributed by atoms with Gasteiger partial charge in [0, 0.05) is 23.7 Å². The summed E-state index contributed by atoms with van der Waals surface area (Å²) in [6, 6.07) is 7.86. The van der Waals surface area contributed by atoms with Gasteiger partial charge in [-0.1, -0.05) is 22.9 Å². The Balaban J connectivity index is 1.84. The molecular formula is C16H17BrO3. The van der Waals surface area contributed by atoms with E-state index in [1.54, 1.807) is 0 Å². The molecule has 0 bridgehead atoms. The fourth-order valence-electron chi connectivity index (χ4n) is 2.57. The standard InChI is InChI=1S/C16H17BrO3/c1-2-13-3-4-15(20-13)14(18)9-11-8-12(17)7-10-5-6-19-16(10)11/h3-4,7-8,14,18H,2,5-6,9H2,1H3. The Labute approximate surface area is 126 Å². The van der Waals surface area contributed by atoms with Gasteiger partial charge in [0.1, 0.15) is 23.4 Å². The third kappa shape index (κ3) is 2.63. The number of aliphatic hydroxyl groups excluding tert-OH is 1. The second-order valence-electron chi connectivity index (χ2n) is 5.03. The molecule has 0 fully saturated rings. The number of aliphatic hydroxyl groups is 1. The molecule has 0 spiro atoms. The van der Waals surface area contributed by atoms with Gasteiger partial charge in [0.2, 0.25) is 0 Å². The SMILES string of the molecule is CCc1ccc(C(O)Cc2cc(Br)cc3c2OCC3)o1. The minimum atomic E-state index is -0.641. The van der Waals surface area contributed by atoms with E-state index in [1.807, 2.05) is 25.1 Å². The third-order valence-corrected chi connectivity index (χ3v) is 4.06. The number of hydrogen-bond acceptors (Lipinski definition) is 3. The van der Waals surface area contributed by atoms with Crippen molar-refractivity contribution in [2.24, 2.45) is 0 Å². The van der Waals surface area contributed by atoms with Crippen LogP contribution in [0.4, 0.5) is 0 Å². The number of rotatable bonds is 4. The lowest BCUT2D eigenvalue weighted by atomic mass is 10.0. The van der Waals surface area contributed by atoms with Gasteiger partial charge in [-0.2, -0.15) is 0 Å². The summed E-state index contributed by atoms with van der Waals surface area (Å²) in [4.78, 5) is 0. The van der Waals surface area contributed by atoms with Gasteiger partial charge >= 0.3 is 0 Å². The maximum Gasteiger partial charge on any atom is 0.133 e. The lowest BCUT2D eigenvalue weighted by molar-refractivity contribution is 0.147. The summed E-state index contributed by atoms with van der Waals surface area (Å²) in [5.41, 5.74) is 2.23. The molecular weight excluding hydrogens is 320 g/mol. The maximum atomic E-state index is 10.3. The van der Waals surface area contributed by atoms with Gasteiger partial charge in [0.15, 0.2) is 0 Å². The Morgan fingerprint density at radius 3 is 2.95 bits per heavy atom. The van der Waals surface area contributed by atoms with E-state index < -0.39 is 6.10 Å². The van der Waals surface area contributed by atoms with E-state index in [0.717, 1.165) is 41.0 Å². The van der Waals surface area contributed by atoms with Crippen molar-refractivity contribution in [3.63, 3.8) is 0 Å². The molecule has 0 saturated carbocycles. The molecule has 0 aliphatic carbocycles. The molecule has 0 radical (unpaired) electrons. The molecule has 1 N–H and O–H groups in total. The van der Waals surface area contributed by atoms with Crippen molar-refractivity contribution >= 4 is 15.9 Å². The Bertz CT molecular complexity index is 618. The maximum absolute atomic E-state index is 10.3. The quantitative estimate of drug-likeness (QED) is 0.922. The molecule has 3 rings (SSSR count). The van der Waals surface area contributed by atoms with Crippen molar-refractivity contribution in [1.82, 2.24) is 0 Å². The summed E-state index contributed by atoms with van der Waals surface area (Å²) in [7, 11) is 0. The molecule has 1 aromatic carbocycles. The van der Waals surface area contributed by atoms with Crippen LogP contribution in [0.2, 0.25) is 0 Å². The van der Waals surface area contributed by atoms with Crippen LogP contribution in [0.3, 0.4) is 0 Å². The number of ether oxygens (including phenoxy) is 1. The average Bonchev–Trinajstić information content (AvgIpc) is 3.06. The Morgan fingerprint density at radius 1 is 1.35 bits per heavy atom. The second kappa shape index (κ2) is 5.62. The van der Waals surface area contributed by atoms with Gasteiger partial charge in [-0.15, -0.1) is 0 Å². The highest BCUT2D eigenvalue weighted by atomic mass is 79.9. The molecule has 1 aliphatic rings. The highest BCUT2D eigenvalue weighted by Crippen LogP contribution is 2.35. The summed E-state index contributed by atoms with van der Waals surface area (Å²) in [5, 5.41) is 10.3. The van der Waals surface area contributed by atoms with E-state index >= 15 is 0 Å². The summed E-state index contributed by atoms with van der Waals surface area (Å²) in [6.07, 6.45) is 1.62. The van der Waals surface area contributed by atoms with E-state index in [-0.39, 0.29) is 0 Å². The fraction of sp³-hybridized carbons (Fsp3) is 0.375. The number of fused-ring (bicyclic) bond motifs is 1. The largest absolute Gasteiger partial charge is 0.493 e. The zero-order chi connectivity index (χ0) is 14.1. The van der Waals surface area contributed by atoms with Gasteiger partial charge < -0.3 is 14.3 Å². The fourth-order valence-corrected chi connectivity index (χ4v) is 3.12. The van der Waals surface area contributed by atoms with E-state index in [1.165, 1.54) is 5.56 Å². The van der Waals surface area contributed by atoms with E-state index in [9.17, 15) is 5.11 Å². The number of halogens is 1. The summed E-state index contributed by atoms with van der Waals surface area (Å²) >= 11 is 3.52. The first-order valence-corrected chi connectivity index (χ1v) is 7.67. The van der Waals surface area contributed by atoms with Crippen molar-refractivity contribution in [2.75, 3.05) is 6.61 Å². The summed E-state index contributed by atoms with van der Waals surface area (Å²) in [5.74, 6) is 2.44. The number of hydrogen-bond donors (Lipinski definition) is 1. The van der Waals surface area contributed by atoms with Gasteiger partial charge in [0.05, 0.1) is 6.61 Å². The molecule has 1 aromatic heterocycles. The van der Waals surface area contributed by atoms with Gasteiger partial charge in [-0.25, -0.2) is 0 Å². The Morgan fingerprint density at radius 2 is 2.20 bits per heavy atom. The van der Waals surface area contributed by atoms with Crippen molar-refractivity contribution in [2.45, 2.75) is 32.3 Å². The van der Waals surface area contributed by atoms with Gasteiger partial charge in [0.25, 0.3) is 0 Å². The van der Waals surface area contributed by atoms with E-state index in [2.05, 4.69) is 22.0 Å². The first-order valence-electron chi connectivity index (χ1n) is 6.88. The van der Waals surface area contributed by atoms with Crippen LogP contribution in [0.1, 0.15) is 35.7 Å². The van der Waals surface area contributed by atoms with Crippen LogP contribution in [0, 0.1) is 0 Å². The lowest BCUT2D eigenvalue weighted by Gasteiger charge is -2.12. The Kier molecular flexibility index (Phi) is 3.85. The lowest BCUT2D eigenvalue weighted by Crippen LogP contribution is -2.02. The smallest absolute Gasteiger partial charge is 0.133 e. The molecule has 1 atom stereocenters. The molecule has 2 heterocycles. The number of furan rings is 1. The number of benzene rings is 1. The molecule has 4 heteroatoms. The van der Waals surface area contributed by atoms with Crippen molar-refractivity contribution in [3.8, 4) is 5.75 Å². The molecule has 1 aliphatic heterocycles. The zero-order valence-corrected chi connectivity index (χ0v) is 12.9. The van der Waals surface area contributed by atoms with Gasteiger partial charge in [-0.3, -0.25) is 0 Å². The van der Waals surface area contributed by atoms with Crippen LogP contribution < -0.4 is 4.74 Å². The molecule has 2 aromatic rings. The van der Waals surface area contributed by atoms with Crippen LogP contribution in [0.15, 0.2) is 33.2 Å². The molecule has 20 heavy (non-hydrogen) atoms. The highest BCUT2D eigenvalue weighted by Gasteiger charge is 2.21. The van der Waals surface area contributed by atoms with Crippen LogP contribution in [0.5, 0.6) is 5.75 Å². The zero-order valence-electron chi connectivity index (χ0n) is 11.4. The van der Waals surface area contributed by atoms with Crippen molar-refractivity contribution < 1.29 is 14.3 Å². The molecule has 3 nitrogen and oxygen atoms in total. The van der Waals surface area contributed by atoms with Crippen LogP contribution in [-0.4, -0.2) is 11.7 Å². The molecule has 1 unspecified atom stereocenters. The number of aryl methyl sites for hydroxylation is 1. The summed E-state index contributed by atoms with van der Waals surface area (Å²) in [6.45, 7) is 2.75. The topological polar surface area (TPSA) is 42.6 Å². The molecule has 106 valence electrons. The average molecular weight is 337 g/mol. The molecule has 0 saturated heterocycles. The predicted octanol–water partition coefficient (Wildman–Crippen LogP) is 3.82. The van der Waals surface area contributed by atoms with Crippen molar-refractivity contribution in [1.29, 1.82) is 0 Å². The second-order valence-corrected chi connectivity index (χ2v) is 5.94. The minimum Gasteiger partial charge on any atom is -0.493 e. The predicted molar refractivity (Wildman–Crippen MR) is 80.1 cm³/mol. The molecule has 0 amide bonds. The normalized spacial score (nSPS) is 14.9. The highest BCUT2D eigenvalue weighted by molar-refractivity contribution is 9.10. The van der Waals surface area contributed by atoms with Crippen LogP contribution >= 0.6 is 15.9 Å². The van der Waals surface area contributed by atoms with Crippen molar-refractivity contribution in [3.05, 3.63) is 51.4 Å². The Hall–Kier alpha value is -1.26. The first-order chi connectivity index (χ1) is 9.67.